The van der Waals surface area contributed by atoms with E-state index in [1.165, 1.54) is 0 Å². The van der Waals surface area contributed by atoms with Crippen LogP contribution in [0.5, 0.6) is 0 Å². The lowest BCUT2D eigenvalue weighted by Crippen LogP contribution is -2.29. The lowest BCUT2D eigenvalue weighted by molar-refractivity contribution is 0.0582. The Balaban J connectivity index is 1.22. The van der Waals surface area contributed by atoms with Crippen molar-refractivity contribution >= 4 is 11.6 Å². The second-order valence-electron chi connectivity index (χ2n) is 9.40. The molecule has 196 valence electrons. The summed E-state index contributed by atoms with van der Waals surface area (Å²) in [6.07, 6.45) is 5.11. The first-order valence-corrected chi connectivity index (χ1v) is 12.6. The molecule has 38 heavy (non-hydrogen) atoms. The van der Waals surface area contributed by atoms with Crippen LogP contribution in [0.2, 0.25) is 5.02 Å². The van der Waals surface area contributed by atoms with Crippen LogP contribution in [0.25, 0.3) is 22.6 Å². The molecule has 1 saturated heterocycles. The average Bonchev–Trinajstić information content (AvgIpc) is 3.28. The third kappa shape index (κ3) is 4.46. The first-order valence-electron chi connectivity index (χ1n) is 12.2. The zero-order valence-electron chi connectivity index (χ0n) is 20.3. The maximum absolute atomic E-state index is 13.4. The van der Waals surface area contributed by atoms with E-state index in [4.69, 9.17) is 11.6 Å². The molecule has 3 heterocycles. The topological polar surface area (TPSA) is 96.9 Å². The highest BCUT2D eigenvalue weighted by molar-refractivity contribution is 6.33. The van der Waals surface area contributed by atoms with Gasteiger partial charge in [0.25, 0.3) is 0 Å². The van der Waals surface area contributed by atoms with Gasteiger partial charge in [0.2, 0.25) is 0 Å². The molecule has 2 atom stereocenters. The summed E-state index contributed by atoms with van der Waals surface area (Å²) in [7, 11) is 0. The van der Waals surface area contributed by atoms with Gasteiger partial charge in [-0.25, -0.2) is 4.98 Å². The molecule has 2 N–H and O–H groups in total. The van der Waals surface area contributed by atoms with Crippen LogP contribution >= 0.6 is 11.6 Å². The molecular formula is C26H25ClF2N8O. The minimum absolute atomic E-state index is 0.0444. The van der Waals surface area contributed by atoms with Crippen LogP contribution in [-0.2, 0) is 0 Å². The molecule has 1 aliphatic heterocycles. The zero-order valence-corrected chi connectivity index (χ0v) is 21.0. The molecular weight excluding hydrogens is 514 g/mol. The van der Waals surface area contributed by atoms with E-state index >= 15 is 0 Å². The van der Waals surface area contributed by atoms with Gasteiger partial charge in [0.15, 0.2) is 5.82 Å². The van der Waals surface area contributed by atoms with Crippen molar-refractivity contribution in [1.29, 1.82) is 0 Å². The average molecular weight is 539 g/mol. The Kier molecular flexibility index (Phi) is 6.42. The largest absolute Gasteiger partial charge is 0.394 e. The molecule has 6 rings (SSSR count). The molecule has 4 aromatic rings. The Morgan fingerprint density at radius 2 is 1.92 bits per heavy atom. The van der Waals surface area contributed by atoms with Crippen molar-refractivity contribution < 1.29 is 13.9 Å². The van der Waals surface area contributed by atoms with Gasteiger partial charge in [0.05, 0.1) is 42.6 Å². The second-order valence-corrected chi connectivity index (χ2v) is 9.81. The van der Waals surface area contributed by atoms with Crippen molar-refractivity contribution in [2.24, 2.45) is 0 Å². The highest BCUT2D eigenvalue weighted by Gasteiger charge is 2.33. The Hall–Kier alpha value is -3.67. The summed E-state index contributed by atoms with van der Waals surface area (Å²) in [6.45, 7) is 1.66. The quantitative estimate of drug-likeness (QED) is 0.334. The van der Waals surface area contributed by atoms with E-state index in [9.17, 15) is 13.9 Å². The fraction of sp³-hybridized carbons (Fsp3) is 0.308. The van der Waals surface area contributed by atoms with Gasteiger partial charge in [-0.1, -0.05) is 48.5 Å². The van der Waals surface area contributed by atoms with Gasteiger partial charge >= 0.3 is 6.55 Å². The number of nitrogens with zero attached hydrogens (tertiary/aromatic N) is 7. The zero-order chi connectivity index (χ0) is 26.4. The van der Waals surface area contributed by atoms with E-state index in [1.54, 1.807) is 29.2 Å². The summed E-state index contributed by atoms with van der Waals surface area (Å²) in [5.74, 6) is -0.0444. The number of alkyl halides is 2. The predicted octanol–water partition coefficient (Wildman–Crippen LogP) is 4.74. The first-order chi connectivity index (χ1) is 18.4. The molecule has 9 nitrogen and oxygen atoms in total. The molecule has 12 heteroatoms. The monoisotopic (exact) mass is 538 g/mol. The van der Waals surface area contributed by atoms with Crippen molar-refractivity contribution in [2.45, 2.75) is 37.5 Å². The van der Waals surface area contributed by atoms with Crippen molar-refractivity contribution in [3.05, 3.63) is 83.4 Å². The Morgan fingerprint density at radius 1 is 1.13 bits per heavy atom. The maximum atomic E-state index is 13.4. The molecule has 0 bridgehead atoms. The van der Waals surface area contributed by atoms with E-state index in [1.807, 2.05) is 29.2 Å². The third-order valence-corrected chi connectivity index (χ3v) is 7.34. The van der Waals surface area contributed by atoms with Crippen LogP contribution in [0.3, 0.4) is 0 Å². The molecule has 2 aliphatic rings. The van der Waals surface area contributed by atoms with E-state index in [2.05, 4.69) is 32.2 Å². The predicted molar refractivity (Wildman–Crippen MR) is 137 cm³/mol. The molecule has 2 fully saturated rings. The van der Waals surface area contributed by atoms with Crippen LogP contribution in [0.15, 0.2) is 67.3 Å². The Labute approximate surface area is 222 Å². The van der Waals surface area contributed by atoms with Crippen LogP contribution in [-0.4, -0.2) is 53.0 Å². The lowest BCUT2D eigenvalue weighted by atomic mass is 9.99. The summed E-state index contributed by atoms with van der Waals surface area (Å²) >= 11 is 6.34. The molecule has 0 amide bonds. The molecule has 1 aliphatic carbocycles. The fourth-order valence-corrected chi connectivity index (χ4v) is 5.02. The highest BCUT2D eigenvalue weighted by Crippen LogP contribution is 2.38. The number of rotatable bonds is 8. The number of aliphatic hydroxyl groups is 1. The summed E-state index contributed by atoms with van der Waals surface area (Å²) in [4.78, 5) is 7.72. The van der Waals surface area contributed by atoms with E-state index in [0.717, 1.165) is 41.7 Å². The van der Waals surface area contributed by atoms with Crippen molar-refractivity contribution in [3.8, 4) is 22.6 Å². The first kappa shape index (κ1) is 24.7. The minimum Gasteiger partial charge on any atom is -0.394 e. The fourth-order valence-electron chi connectivity index (χ4n) is 4.82. The molecule has 2 aromatic heterocycles. The number of nitrogens with one attached hydrogen (secondary N) is 1. The van der Waals surface area contributed by atoms with Crippen molar-refractivity contribution in [3.63, 3.8) is 0 Å². The second kappa shape index (κ2) is 9.90. The summed E-state index contributed by atoms with van der Waals surface area (Å²) in [6, 6.07) is 12.9. The highest BCUT2D eigenvalue weighted by atomic mass is 35.5. The standard InChI is InChI=1S/C26H25ClF2N8O/c1-15-24(17-4-2-16(3-5-17)22-11-32-37(34-22)19-7-8-19)31-14-35(15)23(12-38)18-6-9-21(27)20(10-18)25-30-13-33-36(25)26(28)29/h2-6,9-11,13,19,23-24,26,31,38H,1,7-8,12,14H2. The normalized spacial score (nSPS) is 18.5. The number of aromatic nitrogens is 6. The van der Waals surface area contributed by atoms with Crippen LogP contribution in [0, 0.1) is 0 Å². The molecule has 2 unspecified atom stereocenters. The van der Waals surface area contributed by atoms with Crippen LogP contribution < -0.4 is 5.32 Å². The van der Waals surface area contributed by atoms with Gasteiger partial charge in [-0.3, -0.25) is 5.32 Å². The number of benzene rings is 2. The van der Waals surface area contributed by atoms with Gasteiger partial charge in [0.1, 0.15) is 12.0 Å². The van der Waals surface area contributed by atoms with E-state index in [-0.39, 0.29) is 23.5 Å². The summed E-state index contributed by atoms with van der Waals surface area (Å²) in [5, 5.41) is 26.6. The number of hydrogen-bond acceptors (Lipinski definition) is 7. The SMILES string of the molecule is C=C1C(c2ccc(-c3cnn(C4CC4)n3)cc2)NCN1C(CO)c1ccc(Cl)c(-c2ncnn2C(F)F)c1. The molecule has 2 aromatic carbocycles. The van der Waals surface area contributed by atoms with Gasteiger partial charge in [-0.05, 0) is 36.1 Å². The van der Waals surface area contributed by atoms with Crippen LogP contribution in [0.1, 0.15) is 48.6 Å². The molecule has 1 saturated carbocycles. The van der Waals surface area contributed by atoms with Gasteiger partial charge < -0.3 is 10.0 Å². The summed E-state index contributed by atoms with van der Waals surface area (Å²) < 4.78 is 27.3. The van der Waals surface area contributed by atoms with Crippen molar-refractivity contribution in [1.82, 2.24) is 40.0 Å². The number of hydrogen-bond donors (Lipinski definition) is 2. The Morgan fingerprint density at radius 3 is 2.63 bits per heavy atom. The lowest BCUT2D eigenvalue weighted by Gasteiger charge is -2.30. The molecule has 0 radical (unpaired) electrons. The smallest absolute Gasteiger partial charge is 0.335 e. The number of halogens is 3. The van der Waals surface area contributed by atoms with Crippen molar-refractivity contribution in [2.75, 3.05) is 13.3 Å². The van der Waals surface area contributed by atoms with Gasteiger partial charge in [-0.2, -0.15) is 33.6 Å². The maximum Gasteiger partial charge on any atom is 0.335 e. The van der Waals surface area contributed by atoms with Gasteiger partial charge in [-0.15, -0.1) is 0 Å². The molecule has 0 spiro atoms. The third-order valence-electron chi connectivity index (χ3n) is 7.01. The van der Waals surface area contributed by atoms with E-state index in [0.29, 0.717) is 28.5 Å². The Bertz CT molecular complexity index is 1470. The minimum atomic E-state index is -2.86. The number of aliphatic hydroxyl groups excluding tert-OH is 1. The van der Waals surface area contributed by atoms with Crippen LogP contribution in [0.4, 0.5) is 8.78 Å². The summed E-state index contributed by atoms with van der Waals surface area (Å²) in [5.41, 5.74) is 4.62. The van der Waals surface area contributed by atoms with Gasteiger partial charge in [0, 0.05) is 16.8 Å². The van der Waals surface area contributed by atoms with E-state index < -0.39 is 12.6 Å².